The van der Waals surface area contributed by atoms with Crippen LogP contribution in [-0.4, -0.2) is 11.1 Å². The Morgan fingerprint density at radius 1 is 0.952 bits per heavy atom. The summed E-state index contributed by atoms with van der Waals surface area (Å²) in [5.41, 5.74) is 4.60. The minimum atomic E-state index is -0.503. The first-order chi connectivity index (χ1) is 9.99. The standard InChI is InChI=1S/C19H25NO/c1-13-10-11-18(14(2)12-13)19(21)16(4)20-15(3)17-8-6-5-7-9-17/h5-12,15-16,19-21H,1-4H3. The lowest BCUT2D eigenvalue weighted by Crippen LogP contribution is -2.34. The van der Waals surface area contributed by atoms with E-state index in [0.717, 1.165) is 11.1 Å². The largest absolute Gasteiger partial charge is 0.387 e. The molecule has 0 aliphatic carbocycles. The average Bonchev–Trinajstić information content (AvgIpc) is 2.47. The Hall–Kier alpha value is -1.64. The molecular weight excluding hydrogens is 258 g/mol. The summed E-state index contributed by atoms with van der Waals surface area (Å²) in [6, 6.07) is 16.7. The van der Waals surface area contributed by atoms with Crippen LogP contribution in [0.4, 0.5) is 0 Å². The maximum atomic E-state index is 10.6. The first-order valence-corrected chi connectivity index (χ1v) is 7.55. The highest BCUT2D eigenvalue weighted by Gasteiger charge is 2.20. The van der Waals surface area contributed by atoms with Crippen LogP contribution in [0.15, 0.2) is 48.5 Å². The molecule has 0 fully saturated rings. The lowest BCUT2D eigenvalue weighted by atomic mass is 9.96. The van der Waals surface area contributed by atoms with E-state index in [0.29, 0.717) is 0 Å². The van der Waals surface area contributed by atoms with E-state index in [4.69, 9.17) is 0 Å². The molecule has 0 saturated heterocycles. The molecule has 0 saturated carbocycles. The summed E-state index contributed by atoms with van der Waals surface area (Å²) in [6.45, 7) is 8.28. The number of rotatable bonds is 5. The van der Waals surface area contributed by atoms with Crippen molar-refractivity contribution in [1.82, 2.24) is 5.32 Å². The van der Waals surface area contributed by atoms with E-state index in [9.17, 15) is 5.11 Å². The van der Waals surface area contributed by atoms with Crippen LogP contribution in [0.3, 0.4) is 0 Å². The van der Waals surface area contributed by atoms with Gasteiger partial charge in [0.05, 0.1) is 6.10 Å². The minimum Gasteiger partial charge on any atom is -0.387 e. The second-order valence-corrected chi connectivity index (χ2v) is 5.89. The van der Waals surface area contributed by atoms with Crippen LogP contribution in [-0.2, 0) is 0 Å². The van der Waals surface area contributed by atoms with E-state index in [1.54, 1.807) is 0 Å². The molecule has 3 unspecified atom stereocenters. The van der Waals surface area contributed by atoms with Gasteiger partial charge in [0, 0.05) is 12.1 Å². The molecule has 2 rings (SSSR count). The number of aliphatic hydroxyl groups is 1. The van der Waals surface area contributed by atoms with Gasteiger partial charge in [0.1, 0.15) is 0 Å². The molecule has 2 aromatic carbocycles. The van der Waals surface area contributed by atoms with Gasteiger partial charge in [0.15, 0.2) is 0 Å². The zero-order valence-corrected chi connectivity index (χ0v) is 13.3. The maximum absolute atomic E-state index is 10.6. The highest BCUT2D eigenvalue weighted by Crippen LogP contribution is 2.23. The van der Waals surface area contributed by atoms with E-state index in [2.05, 4.69) is 50.4 Å². The lowest BCUT2D eigenvalue weighted by molar-refractivity contribution is 0.130. The number of hydrogen-bond acceptors (Lipinski definition) is 2. The third-order valence-electron chi connectivity index (χ3n) is 4.03. The Kier molecular flexibility index (Phi) is 5.16. The highest BCUT2D eigenvalue weighted by molar-refractivity contribution is 5.32. The topological polar surface area (TPSA) is 32.3 Å². The Balaban J connectivity index is 2.07. The van der Waals surface area contributed by atoms with Gasteiger partial charge in [0.25, 0.3) is 0 Å². The molecule has 112 valence electrons. The molecule has 0 aliphatic heterocycles. The van der Waals surface area contributed by atoms with Crippen LogP contribution < -0.4 is 5.32 Å². The van der Waals surface area contributed by atoms with Gasteiger partial charge in [-0.1, -0.05) is 54.1 Å². The maximum Gasteiger partial charge on any atom is 0.0942 e. The molecule has 0 heterocycles. The van der Waals surface area contributed by atoms with Gasteiger partial charge in [0.2, 0.25) is 0 Å². The molecule has 0 radical (unpaired) electrons. The SMILES string of the molecule is Cc1ccc(C(O)C(C)NC(C)c2ccccc2)c(C)c1. The number of hydrogen-bond donors (Lipinski definition) is 2. The van der Waals surface area contributed by atoms with Gasteiger partial charge in [-0.2, -0.15) is 0 Å². The predicted octanol–water partition coefficient (Wildman–Crippen LogP) is 4.08. The monoisotopic (exact) mass is 283 g/mol. The second-order valence-electron chi connectivity index (χ2n) is 5.89. The first kappa shape index (κ1) is 15.7. The summed E-state index contributed by atoms with van der Waals surface area (Å²) in [5, 5.41) is 14.1. The number of aliphatic hydroxyl groups excluding tert-OH is 1. The van der Waals surface area contributed by atoms with E-state index in [1.807, 2.05) is 31.2 Å². The summed E-state index contributed by atoms with van der Waals surface area (Å²) in [4.78, 5) is 0. The number of benzene rings is 2. The van der Waals surface area contributed by atoms with Gasteiger partial charge in [-0.3, -0.25) is 0 Å². The summed E-state index contributed by atoms with van der Waals surface area (Å²) in [5.74, 6) is 0. The Morgan fingerprint density at radius 2 is 1.62 bits per heavy atom. The first-order valence-electron chi connectivity index (χ1n) is 7.55. The summed E-state index contributed by atoms with van der Waals surface area (Å²) in [6.07, 6.45) is -0.503. The van der Waals surface area contributed by atoms with Gasteiger partial charge < -0.3 is 10.4 Å². The molecule has 0 amide bonds. The van der Waals surface area contributed by atoms with Crippen LogP contribution >= 0.6 is 0 Å². The summed E-state index contributed by atoms with van der Waals surface area (Å²) >= 11 is 0. The average molecular weight is 283 g/mol. The fraction of sp³-hybridized carbons (Fsp3) is 0.368. The summed E-state index contributed by atoms with van der Waals surface area (Å²) in [7, 11) is 0. The van der Waals surface area contributed by atoms with Crippen LogP contribution in [0, 0.1) is 13.8 Å². The molecule has 0 aliphatic rings. The fourth-order valence-electron chi connectivity index (χ4n) is 2.75. The minimum absolute atomic E-state index is 0.0124. The molecule has 2 heteroatoms. The molecule has 2 aromatic rings. The fourth-order valence-corrected chi connectivity index (χ4v) is 2.75. The van der Waals surface area contributed by atoms with Gasteiger partial charge in [-0.05, 0) is 44.4 Å². The van der Waals surface area contributed by atoms with Crippen LogP contribution in [0.2, 0.25) is 0 Å². The highest BCUT2D eigenvalue weighted by atomic mass is 16.3. The Bertz CT molecular complexity index is 579. The second kappa shape index (κ2) is 6.88. The molecular formula is C19H25NO. The Labute approximate surface area is 127 Å². The van der Waals surface area contributed by atoms with Crippen molar-refractivity contribution in [2.75, 3.05) is 0 Å². The third kappa shape index (κ3) is 3.93. The van der Waals surface area contributed by atoms with E-state index < -0.39 is 6.10 Å². The molecule has 21 heavy (non-hydrogen) atoms. The predicted molar refractivity (Wildman–Crippen MR) is 88.3 cm³/mol. The smallest absolute Gasteiger partial charge is 0.0942 e. The van der Waals surface area contributed by atoms with Gasteiger partial charge >= 0.3 is 0 Å². The zero-order valence-electron chi connectivity index (χ0n) is 13.3. The number of aryl methyl sites for hydroxylation is 2. The van der Waals surface area contributed by atoms with Crippen molar-refractivity contribution in [2.24, 2.45) is 0 Å². The van der Waals surface area contributed by atoms with Crippen molar-refractivity contribution >= 4 is 0 Å². The number of nitrogens with one attached hydrogen (secondary N) is 1. The van der Waals surface area contributed by atoms with E-state index >= 15 is 0 Å². The third-order valence-corrected chi connectivity index (χ3v) is 4.03. The van der Waals surface area contributed by atoms with E-state index in [-0.39, 0.29) is 12.1 Å². The van der Waals surface area contributed by atoms with Crippen molar-refractivity contribution in [3.8, 4) is 0 Å². The van der Waals surface area contributed by atoms with Crippen LogP contribution in [0.25, 0.3) is 0 Å². The van der Waals surface area contributed by atoms with Crippen LogP contribution in [0.1, 0.15) is 48.2 Å². The van der Waals surface area contributed by atoms with Crippen molar-refractivity contribution in [3.63, 3.8) is 0 Å². The lowest BCUT2D eigenvalue weighted by Gasteiger charge is -2.26. The summed E-state index contributed by atoms with van der Waals surface area (Å²) < 4.78 is 0. The van der Waals surface area contributed by atoms with Crippen molar-refractivity contribution in [3.05, 3.63) is 70.8 Å². The van der Waals surface area contributed by atoms with Crippen molar-refractivity contribution in [1.29, 1.82) is 0 Å². The van der Waals surface area contributed by atoms with Crippen LogP contribution in [0.5, 0.6) is 0 Å². The van der Waals surface area contributed by atoms with Crippen molar-refractivity contribution < 1.29 is 5.11 Å². The molecule has 0 aromatic heterocycles. The molecule has 2 N–H and O–H groups in total. The normalized spacial score (nSPS) is 15.5. The molecule has 0 bridgehead atoms. The van der Waals surface area contributed by atoms with E-state index in [1.165, 1.54) is 11.1 Å². The van der Waals surface area contributed by atoms with Gasteiger partial charge in [-0.25, -0.2) is 0 Å². The molecule has 2 nitrogen and oxygen atoms in total. The Morgan fingerprint density at radius 3 is 2.24 bits per heavy atom. The zero-order chi connectivity index (χ0) is 15.4. The molecule has 3 atom stereocenters. The molecule has 0 spiro atoms. The quantitative estimate of drug-likeness (QED) is 0.866. The van der Waals surface area contributed by atoms with Crippen molar-refractivity contribution in [2.45, 2.75) is 45.9 Å². The van der Waals surface area contributed by atoms with Gasteiger partial charge in [-0.15, -0.1) is 0 Å².